The van der Waals surface area contributed by atoms with Crippen molar-refractivity contribution in [1.82, 2.24) is 10.2 Å². The van der Waals surface area contributed by atoms with Gasteiger partial charge in [-0.3, -0.25) is 4.79 Å². The summed E-state index contributed by atoms with van der Waals surface area (Å²) in [5, 5.41) is 12.0. The maximum absolute atomic E-state index is 13.6. The van der Waals surface area contributed by atoms with Crippen LogP contribution in [-0.2, 0) is 0 Å². The Kier molecular flexibility index (Phi) is 4.97. The number of nitrogens with one attached hydrogen (secondary N) is 2. The summed E-state index contributed by atoms with van der Waals surface area (Å²) in [6.45, 7) is 0. The maximum Gasteiger partial charge on any atom is 0.256 e. The Balaban J connectivity index is 1.71. The number of nitrogens with zero attached hydrogens (tertiary/aromatic N) is 2. The third kappa shape index (κ3) is 4.00. The van der Waals surface area contributed by atoms with Gasteiger partial charge in [-0.2, -0.15) is 0 Å². The summed E-state index contributed by atoms with van der Waals surface area (Å²) in [6, 6.07) is 6.90. The molecule has 0 radical (unpaired) electrons. The molecule has 0 fully saturated rings. The molecular formula is C17H9F5N4O. The third-order valence-corrected chi connectivity index (χ3v) is 3.39. The van der Waals surface area contributed by atoms with Crippen LogP contribution in [0.15, 0.2) is 42.5 Å². The number of carbonyl (C=O) groups excluding carboxylic acids is 1. The van der Waals surface area contributed by atoms with E-state index in [1.165, 1.54) is 12.1 Å². The van der Waals surface area contributed by atoms with Crippen molar-refractivity contribution in [2.45, 2.75) is 0 Å². The van der Waals surface area contributed by atoms with Gasteiger partial charge in [0.15, 0.2) is 40.7 Å². The summed E-state index contributed by atoms with van der Waals surface area (Å²) in [4.78, 5) is 12.0. The highest BCUT2D eigenvalue weighted by molar-refractivity contribution is 6.03. The van der Waals surface area contributed by atoms with Gasteiger partial charge in [0.2, 0.25) is 0 Å². The molecule has 3 aromatic rings. The number of aromatic nitrogens is 2. The molecule has 0 aliphatic heterocycles. The molecule has 1 aromatic heterocycles. The van der Waals surface area contributed by atoms with Crippen molar-refractivity contribution in [3.63, 3.8) is 0 Å². The molecule has 2 N–H and O–H groups in total. The van der Waals surface area contributed by atoms with Gasteiger partial charge in [-0.05, 0) is 42.5 Å². The van der Waals surface area contributed by atoms with Crippen molar-refractivity contribution in [3.8, 4) is 0 Å². The predicted molar refractivity (Wildman–Crippen MR) is 85.9 cm³/mol. The van der Waals surface area contributed by atoms with Crippen LogP contribution in [0.5, 0.6) is 0 Å². The molecule has 138 valence electrons. The van der Waals surface area contributed by atoms with Crippen LogP contribution in [0.4, 0.5) is 39.3 Å². The largest absolute Gasteiger partial charge is 0.336 e. The van der Waals surface area contributed by atoms with Crippen molar-refractivity contribution in [3.05, 3.63) is 77.1 Å². The molecule has 1 amide bonds. The Labute approximate surface area is 148 Å². The van der Waals surface area contributed by atoms with E-state index in [2.05, 4.69) is 20.8 Å². The molecule has 0 aliphatic carbocycles. The molecule has 2 aromatic carbocycles. The van der Waals surface area contributed by atoms with Crippen molar-refractivity contribution in [2.24, 2.45) is 0 Å². The minimum absolute atomic E-state index is 0.00858. The minimum atomic E-state index is -1.64. The van der Waals surface area contributed by atoms with Crippen LogP contribution in [-0.4, -0.2) is 16.1 Å². The first-order chi connectivity index (χ1) is 12.8. The summed E-state index contributed by atoms with van der Waals surface area (Å²) in [5.74, 6) is -7.45. The van der Waals surface area contributed by atoms with E-state index < -0.39 is 35.0 Å². The normalized spacial score (nSPS) is 10.6. The number of hydrogen-bond acceptors (Lipinski definition) is 4. The van der Waals surface area contributed by atoms with Gasteiger partial charge >= 0.3 is 0 Å². The van der Waals surface area contributed by atoms with E-state index in [9.17, 15) is 26.7 Å². The number of anilines is 3. The number of carbonyl (C=O) groups is 1. The zero-order chi connectivity index (χ0) is 19.6. The monoisotopic (exact) mass is 380 g/mol. The fraction of sp³-hybridized carbons (Fsp3) is 0. The van der Waals surface area contributed by atoms with Crippen LogP contribution in [0.25, 0.3) is 0 Å². The van der Waals surface area contributed by atoms with Gasteiger partial charge in [0.1, 0.15) is 0 Å². The molecule has 0 saturated carbocycles. The lowest BCUT2D eigenvalue weighted by atomic mass is 10.2. The van der Waals surface area contributed by atoms with Crippen LogP contribution >= 0.6 is 0 Å². The van der Waals surface area contributed by atoms with Crippen LogP contribution in [0.3, 0.4) is 0 Å². The number of hydrogen-bond donors (Lipinski definition) is 2. The van der Waals surface area contributed by atoms with Gasteiger partial charge < -0.3 is 10.6 Å². The first-order valence-corrected chi connectivity index (χ1v) is 7.36. The topological polar surface area (TPSA) is 66.9 Å². The molecular weight excluding hydrogens is 371 g/mol. The summed E-state index contributed by atoms with van der Waals surface area (Å²) in [7, 11) is 0. The van der Waals surface area contributed by atoms with Crippen molar-refractivity contribution in [1.29, 1.82) is 0 Å². The van der Waals surface area contributed by atoms with Gasteiger partial charge in [-0.1, -0.05) is 0 Å². The average Bonchev–Trinajstić information content (AvgIpc) is 2.66. The SMILES string of the molecule is O=C(Nc1ccc(Nc2ccc(F)c(F)c2F)nn1)c1ccc(F)c(F)c1. The van der Waals surface area contributed by atoms with E-state index in [0.29, 0.717) is 0 Å². The molecule has 5 nitrogen and oxygen atoms in total. The van der Waals surface area contributed by atoms with Crippen LogP contribution in [0, 0.1) is 29.1 Å². The molecule has 0 saturated heterocycles. The highest BCUT2D eigenvalue weighted by Gasteiger charge is 2.14. The molecule has 0 aliphatic rings. The zero-order valence-corrected chi connectivity index (χ0v) is 13.2. The lowest BCUT2D eigenvalue weighted by Crippen LogP contribution is -2.14. The fourth-order valence-electron chi connectivity index (χ4n) is 2.05. The van der Waals surface area contributed by atoms with Gasteiger partial charge in [0.05, 0.1) is 5.69 Å². The molecule has 0 spiro atoms. The number of benzene rings is 2. The second-order valence-electron chi connectivity index (χ2n) is 5.23. The van der Waals surface area contributed by atoms with E-state index in [1.807, 2.05) is 0 Å². The molecule has 27 heavy (non-hydrogen) atoms. The summed E-state index contributed by atoms with van der Waals surface area (Å²) in [6.07, 6.45) is 0. The van der Waals surface area contributed by atoms with E-state index in [1.54, 1.807) is 0 Å². The quantitative estimate of drug-likeness (QED) is 0.527. The smallest absolute Gasteiger partial charge is 0.256 e. The van der Waals surface area contributed by atoms with Crippen LogP contribution in [0.1, 0.15) is 10.4 Å². The summed E-state index contributed by atoms with van der Waals surface area (Å²) >= 11 is 0. The lowest BCUT2D eigenvalue weighted by Gasteiger charge is -2.08. The van der Waals surface area contributed by atoms with E-state index in [0.717, 1.165) is 30.3 Å². The predicted octanol–water partition coefficient (Wildman–Crippen LogP) is 4.17. The van der Waals surface area contributed by atoms with E-state index >= 15 is 0 Å². The number of amides is 1. The Hall–Kier alpha value is -3.56. The highest BCUT2D eigenvalue weighted by Crippen LogP contribution is 2.22. The standard InChI is InChI=1S/C17H9F5N4O/c18-9-2-1-8(7-11(9)20)17(27)24-14-6-5-13(25-26-14)23-12-4-3-10(19)15(21)16(12)22/h1-7H,(H,23,25)(H,24,26,27). The molecule has 0 bridgehead atoms. The van der Waals surface area contributed by atoms with Gasteiger partial charge in [0.25, 0.3) is 5.91 Å². The van der Waals surface area contributed by atoms with Gasteiger partial charge in [-0.15, -0.1) is 10.2 Å². The Morgan fingerprint density at radius 2 is 1.41 bits per heavy atom. The first-order valence-electron chi connectivity index (χ1n) is 7.36. The molecule has 10 heteroatoms. The van der Waals surface area contributed by atoms with Crippen molar-refractivity contribution >= 4 is 23.2 Å². The van der Waals surface area contributed by atoms with Crippen LogP contribution in [0.2, 0.25) is 0 Å². The lowest BCUT2D eigenvalue weighted by molar-refractivity contribution is 0.102. The van der Waals surface area contributed by atoms with Gasteiger partial charge in [-0.25, -0.2) is 22.0 Å². The third-order valence-electron chi connectivity index (χ3n) is 3.39. The second-order valence-corrected chi connectivity index (χ2v) is 5.23. The molecule has 1 heterocycles. The average molecular weight is 380 g/mol. The highest BCUT2D eigenvalue weighted by atomic mass is 19.2. The van der Waals surface area contributed by atoms with Crippen molar-refractivity contribution < 1.29 is 26.7 Å². The number of rotatable bonds is 4. The van der Waals surface area contributed by atoms with Gasteiger partial charge in [0, 0.05) is 5.56 Å². The summed E-state index contributed by atoms with van der Waals surface area (Å²) < 4.78 is 65.7. The Morgan fingerprint density at radius 1 is 0.741 bits per heavy atom. The fourth-order valence-corrected chi connectivity index (χ4v) is 2.05. The second kappa shape index (κ2) is 7.36. The Bertz CT molecular complexity index is 1010. The van der Waals surface area contributed by atoms with E-state index in [4.69, 9.17) is 0 Å². The van der Waals surface area contributed by atoms with Crippen LogP contribution < -0.4 is 10.6 Å². The summed E-state index contributed by atoms with van der Waals surface area (Å²) in [5.41, 5.74) is -0.497. The molecule has 3 rings (SSSR count). The van der Waals surface area contributed by atoms with E-state index in [-0.39, 0.29) is 22.9 Å². The maximum atomic E-state index is 13.6. The first kappa shape index (κ1) is 18.2. The molecule has 0 unspecified atom stereocenters. The number of halogens is 5. The zero-order valence-electron chi connectivity index (χ0n) is 13.2. The molecule has 0 atom stereocenters. The minimum Gasteiger partial charge on any atom is -0.336 e. The van der Waals surface area contributed by atoms with Crippen molar-refractivity contribution in [2.75, 3.05) is 10.6 Å². The Morgan fingerprint density at radius 3 is 2.07 bits per heavy atom.